The summed E-state index contributed by atoms with van der Waals surface area (Å²) in [5.74, 6) is 6.86. The van der Waals surface area contributed by atoms with Gasteiger partial charge in [-0.15, -0.1) is 11.3 Å². The highest BCUT2D eigenvalue weighted by Gasteiger charge is 2.24. The van der Waals surface area contributed by atoms with Gasteiger partial charge < -0.3 is 10.7 Å². The van der Waals surface area contributed by atoms with Crippen molar-refractivity contribution in [3.63, 3.8) is 0 Å². The fourth-order valence-corrected chi connectivity index (χ4v) is 5.21. The first-order chi connectivity index (χ1) is 14.2. The van der Waals surface area contributed by atoms with Crippen molar-refractivity contribution in [3.8, 4) is 0 Å². The van der Waals surface area contributed by atoms with Crippen LogP contribution in [-0.2, 0) is 0 Å². The van der Waals surface area contributed by atoms with Gasteiger partial charge in [-0.05, 0) is 80.0 Å². The quantitative estimate of drug-likeness (QED) is 0.307. The summed E-state index contributed by atoms with van der Waals surface area (Å²) in [5.41, 5.74) is 3.06. The van der Waals surface area contributed by atoms with E-state index in [-0.39, 0.29) is 5.78 Å². The third-order valence-corrected chi connectivity index (χ3v) is 7.09. The van der Waals surface area contributed by atoms with Crippen LogP contribution in [0.1, 0.15) is 72.2 Å². The number of aromatic nitrogens is 1. The molecule has 0 amide bonds. The number of nitrogen functional groups attached to an aromatic ring is 1. The van der Waals surface area contributed by atoms with Crippen LogP contribution in [0.3, 0.4) is 0 Å². The topological polar surface area (TPSA) is 51.3 Å². The molecule has 29 heavy (non-hydrogen) atoms. The first-order valence-electron chi connectivity index (χ1n) is 10.9. The molecule has 3 aromatic rings. The Morgan fingerprint density at radius 2 is 2.00 bits per heavy atom. The highest BCUT2D eigenvalue weighted by Crippen LogP contribution is 2.34. The van der Waals surface area contributed by atoms with Crippen LogP contribution in [0.25, 0.3) is 10.9 Å². The number of hydrogen-bond acceptors (Lipinski definition) is 4. The number of carbonyl (C=O) groups excluding carboxylic acids is 1. The third-order valence-electron chi connectivity index (χ3n) is 6.23. The molecule has 0 bridgehead atoms. The summed E-state index contributed by atoms with van der Waals surface area (Å²) in [7, 11) is 0. The number of hydrogen-bond donors (Lipinski definition) is 1. The maximum absolute atomic E-state index is 12.8. The van der Waals surface area contributed by atoms with E-state index in [0.717, 1.165) is 47.3 Å². The molecule has 0 aliphatic carbocycles. The molecule has 1 fully saturated rings. The van der Waals surface area contributed by atoms with Gasteiger partial charge in [0.1, 0.15) is 0 Å². The Hall–Kier alpha value is -2.11. The van der Waals surface area contributed by atoms with Gasteiger partial charge in [0.25, 0.3) is 0 Å². The number of benzene rings is 1. The number of fused-ring (bicyclic) bond motifs is 1. The second-order valence-electron chi connectivity index (χ2n) is 8.21. The van der Waals surface area contributed by atoms with E-state index in [0.29, 0.717) is 5.92 Å². The predicted molar refractivity (Wildman–Crippen MR) is 122 cm³/mol. The first-order valence-corrected chi connectivity index (χ1v) is 11.8. The van der Waals surface area contributed by atoms with Gasteiger partial charge in [-0.3, -0.25) is 9.47 Å². The summed E-state index contributed by atoms with van der Waals surface area (Å²) in [5, 5.41) is 3.08. The summed E-state index contributed by atoms with van der Waals surface area (Å²) in [6.45, 7) is 5.80. The molecule has 0 atom stereocenters. The van der Waals surface area contributed by atoms with Crippen molar-refractivity contribution >= 4 is 28.0 Å². The monoisotopic (exact) mass is 409 g/mol. The third kappa shape index (κ3) is 4.41. The number of nitrogens with zero attached hydrogens (tertiary/aromatic N) is 2. The zero-order valence-corrected chi connectivity index (χ0v) is 18.1. The summed E-state index contributed by atoms with van der Waals surface area (Å²) in [6, 6.07) is 9.75. The Bertz CT molecular complexity index is 952. The van der Waals surface area contributed by atoms with Crippen LogP contribution < -0.4 is 5.84 Å². The molecule has 2 aromatic heterocycles. The summed E-state index contributed by atoms with van der Waals surface area (Å²) in [6.07, 6.45) is 9.70. The van der Waals surface area contributed by atoms with Crippen LogP contribution in [0.15, 0.2) is 41.9 Å². The van der Waals surface area contributed by atoms with Crippen molar-refractivity contribution in [1.82, 2.24) is 9.58 Å². The molecule has 3 heterocycles. The number of piperidine rings is 1. The van der Waals surface area contributed by atoms with E-state index < -0.39 is 0 Å². The van der Waals surface area contributed by atoms with Crippen LogP contribution in [0.4, 0.5) is 0 Å². The molecule has 2 N–H and O–H groups in total. The lowest BCUT2D eigenvalue weighted by atomic mass is 9.88. The normalized spacial score (nSPS) is 15.9. The maximum Gasteiger partial charge on any atom is 0.202 e. The van der Waals surface area contributed by atoms with Gasteiger partial charge in [0.2, 0.25) is 5.78 Å². The number of rotatable bonds is 8. The van der Waals surface area contributed by atoms with Crippen molar-refractivity contribution in [1.29, 1.82) is 0 Å². The van der Waals surface area contributed by atoms with E-state index in [4.69, 9.17) is 5.84 Å². The van der Waals surface area contributed by atoms with Crippen molar-refractivity contribution < 1.29 is 4.79 Å². The molecule has 0 unspecified atom stereocenters. The second kappa shape index (κ2) is 9.14. The average molecular weight is 410 g/mol. The SMILES string of the molecule is CCCCCCN1CCC(c2cn(N)c3ccc(C(=O)c4cccs4)cc23)CC1. The van der Waals surface area contributed by atoms with E-state index in [1.54, 1.807) is 4.68 Å². The van der Waals surface area contributed by atoms with Gasteiger partial charge in [0.15, 0.2) is 0 Å². The lowest BCUT2D eigenvalue weighted by molar-refractivity contribution is 0.104. The van der Waals surface area contributed by atoms with Gasteiger partial charge in [-0.1, -0.05) is 32.3 Å². The summed E-state index contributed by atoms with van der Waals surface area (Å²) >= 11 is 1.49. The average Bonchev–Trinajstić information content (AvgIpc) is 3.40. The van der Waals surface area contributed by atoms with E-state index in [1.807, 2.05) is 35.7 Å². The van der Waals surface area contributed by atoms with Crippen molar-refractivity contribution in [2.45, 2.75) is 51.4 Å². The van der Waals surface area contributed by atoms with Gasteiger partial charge in [0, 0.05) is 17.1 Å². The van der Waals surface area contributed by atoms with Crippen LogP contribution in [0.5, 0.6) is 0 Å². The number of ketones is 1. The standard InChI is InChI=1S/C24H31N3OS/c1-2-3-4-5-12-26-13-10-18(11-14-26)21-17-27(25)22-9-8-19(16-20(21)22)24(28)23-7-6-15-29-23/h6-9,15-18H,2-5,10-14,25H2,1H3. The van der Waals surface area contributed by atoms with Crippen molar-refractivity contribution in [2.75, 3.05) is 25.5 Å². The molecule has 0 spiro atoms. The molecule has 1 aliphatic rings. The largest absolute Gasteiger partial charge is 0.339 e. The number of likely N-dealkylation sites (tertiary alicyclic amines) is 1. The van der Waals surface area contributed by atoms with Crippen LogP contribution in [-0.4, -0.2) is 35.0 Å². The molecule has 4 rings (SSSR count). The summed E-state index contributed by atoms with van der Waals surface area (Å²) in [4.78, 5) is 16.2. The van der Waals surface area contributed by atoms with Crippen LogP contribution >= 0.6 is 11.3 Å². The van der Waals surface area contributed by atoms with Crippen molar-refractivity contribution in [3.05, 3.63) is 57.9 Å². The van der Waals surface area contributed by atoms with Gasteiger partial charge in [0.05, 0.1) is 10.4 Å². The number of nitrogens with two attached hydrogens (primary N) is 1. The lowest BCUT2D eigenvalue weighted by Crippen LogP contribution is -2.33. The molecule has 0 saturated carbocycles. The molecular weight excluding hydrogens is 378 g/mol. The molecule has 5 heteroatoms. The predicted octanol–water partition coefficient (Wildman–Crippen LogP) is 5.41. The molecule has 154 valence electrons. The fourth-order valence-electron chi connectivity index (χ4n) is 4.53. The minimum atomic E-state index is 0.0968. The first kappa shape index (κ1) is 20.2. The van der Waals surface area contributed by atoms with Crippen LogP contribution in [0.2, 0.25) is 0 Å². The highest BCUT2D eigenvalue weighted by atomic mass is 32.1. The summed E-state index contributed by atoms with van der Waals surface area (Å²) < 4.78 is 1.72. The van der Waals surface area contributed by atoms with E-state index in [9.17, 15) is 4.79 Å². The van der Waals surface area contributed by atoms with Crippen molar-refractivity contribution in [2.24, 2.45) is 0 Å². The Kier molecular flexibility index (Phi) is 6.36. The smallest absolute Gasteiger partial charge is 0.202 e. The number of unbranched alkanes of at least 4 members (excludes halogenated alkanes) is 3. The number of thiophene rings is 1. The molecule has 1 saturated heterocycles. The zero-order chi connectivity index (χ0) is 20.2. The Morgan fingerprint density at radius 1 is 1.17 bits per heavy atom. The maximum atomic E-state index is 12.8. The van der Waals surface area contributed by atoms with E-state index in [1.165, 1.54) is 49.1 Å². The lowest BCUT2D eigenvalue weighted by Gasteiger charge is -2.32. The Morgan fingerprint density at radius 3 is 2.72 bits per heavy atom. The minimum absolute atomic E-state index is 0.0968. The van der Waals surface area contributed by atoms with E-state index in [2.05, 4.69) is 18.0 Å². The zero-order valence-electron chi connectivity index (χ0n) is 17.3. The van der Waals surface area contributed by atoms with Gasteiger partial charge in [-0.25, -0.2) is 0 Å². The molecule has 1 aromatic carbocycles. The Balaban J connectivity index is 1.49. The van der Waals surface area contributed by atoms with Crippen LogP contribution in [0, 0.1) is 0 Å². The number of carbonyl (C=O) groups is 1. The molecule has 0 radical (unpaired) electrons. The van der Waals surface area contributed by atoms with Gasteiger partial charge in [-0.2, -0.15) is 0 Å². The van der Waals surface area contributed by atoms with Gasteiger partial charge >= 0.3 is 0 Å². The fraction of sp³-hybridized carbons (Fsp3) is 0.458. The molecule has 1 aliphatic heterocycles. The molecular formula is C24H31N3OS. The van der Waals surface area contributed by atoms with E-state index >= 15 is 0 Å². The molecule has 4 nitrogen and oxygen atoms in total. The second-order valence-corrected chi connectivity index (χ2v) is 9.15. The Labute approximate surface area is 177 Å². The highest BCUT2D eigenvalue weighted by molar-refractivity contribution is 7.12. The minimum Gasteiger partial charge on any atom is -0.339 e.